The van der Waals surface area contributed by atoms with Crippen LogP contribution in [-0.2, 0) is 0 Å². The fourth-order valence-electron chi connectivity index (χ4n) is 2.99. The summed E-state index contributed by atoms with van der Waals surface area (Å²) in [5.74, 6) is -0.567. The predicted octanol–water partition coefficient (Wildman–Crippen LogP) is 5.25. The number of halogens is 2. The minimum Gasteiger partial charge on any atom is -0.359 e. The number of nitrogens with zero attached hydrogens (tertiary/aromatic N) is 1. The van der Waals surface area contributed by atoms with Gasteiger partial charge in [0.25, 0.3) is 5.91 Å². The Morgan fingerprint density at radius 3 is 2.36 bits per heavy atom. The molecule has 124 valence electrons. The Balaban J connectivity index is 1.78. The molecule has 0 saturated carbocycles. The average molecular weight is 353 g/mol. The van der Waals surface area contributed by atoms with Crippen LogP contribution in [0.15, 0.2) is 72.8 Å². The lowest BCUT2D eigenvalue weighted by atomic mass is 10.1. The van der Waals surface area contributed by atoms with Crippen molar-refractivity contribution in [3.05, 3.63) is 94.8 Å². The fourth-order valence-corrected chi connectivity index (χ4v) is 3.12. The van der Waals surface area contributed by atoms with Gasteiger partial charge in [-0.3, -0.25) is 9.69 Å². The zero-order valence-corrected chi connectivity index (χ0v) is 13.9. The van der Waals surface area contributed by atoms with E-state index in [1.807, 2.05) is 36.4 Å². The van der Waals surface area contributed by atoms with Gasteiger partial charge >= 0.3 is 0 Å². The third-order valence-corrected chi connectivity index (χ3v) is 4.46. The molecular formula is C20H14ClFN2O. The number of benzene rings is 3. The summed E-state index contributed by atoms with van der Waals surface area (Å²) < 4.78 is 13.2. The highest BCUT2D eigenvalue weighted by molar-refractivity contribution is 6.30. The molecule has 3 nitrogen and oxygen atoms in total. The maximum Gasteiger partial charge on any atom is 0.260 e. The first-order chi connectivity index (χ1) is 12.1. The van der Waals surface area contributed by atoms with Crippen LogP contribution < -0.4 is 10.2 Å². The van der Waals surface area contributed by atoms with E-state index in [4.69, 9.17) is 11.6 Å². The van der Waals surface area contributed by atoms with Crippen molar-refractivity contribution in [1.82, 2.24) is 0 Å². The number of hydrogen-bond acceptors (Lipinski definition) is 2. The summed E-state index contributed by atoms with van der Waals surface area (Å²) in [5, 5.41) is 4.01. The van der Waals surface area contributed by atoms with Crippen LogP contribution in [0, 0.1) is 5.82 Å². The Bertz CT molecular complexity index is 925. The fraction of sp³-hybridized carbons (Fsp3) is 0.0500. The molecular weight excluding hydrogens is 339 g/mol. The van der Waals surface area contributed by atoms with Crippen molar-refractivity contribution in [2.45, 2.75) is 6.17 Å². The SMILES string of the molecule is O=C(c1ccc(F)cc1)N1c2ccccc2NC1c1ccc(Cl)cc1. The van der Waals surface area contributed by atoms with Gasteiger partial charge in [-0.1, -0.05) is 35.9 Å². The molecule has 1 heterocycles. The van der Waals surface area contributed by atoms with Gasteiger partial charge in [0.2, 0.25) is 0 Å². The van der Waals surface area contributed by atoms with E-state index in [-0.39, 0.29) is 17.9 Å². The molecule has 0 aliphatic carbocycles. The van der Waals surface area contributed by atoms with E-state index >= 15 is 0 Å². The van der Waals surface area contributed by atoms with Crippen molar-refractivity contribution in [2.24, 2.45) is 0 Å². The monoisotopic (exact) mass is 352 g/mol. The molecule has 0 fully saturated rings. The molecule has 0 spiro atoms. The molecule has 1 aliphatic heterocycles. The lowest BCUT2D eigenvalue weighted by Gasteiger charge is -2.25. The zero-order chi connectivity index (χ0) is 17.4. The number of anilines is 2. The third-order valence-electron chi connectivity index (χ3n) is 4.21. The second kappa shape index (κ2) is 6.22. The molecule has 25 heavy (non-hydrogen) atoms. The summed E-state index contributed by atoms with van der Waals surface area (Å²) in [5.41, 5.74) is 3.00. The topological polar surface area (TPSA) is 32.3 Å². The minimum atomic E-state index is -0.370. The first-order valence-corrected chi connectivity index (χ1v) is 8.21. The summed E-state index contributed by atoms with van der Waals surface area (Å²) in [6.07, 6.45) is -0.354. The smallest absolute Gasteiger partial charge is 0.260 e. The number of para-hydroxylation sites is 2. The number of fused-ring (bicyclic) bond motifs is 1. The highest BCUT2D eigenvalue weighted by atomic mass is 35.5. The van der Waals surface area contributed by atoms with Gasteiger partial charge in [-0.25, -0.2) is 4.39 Å². The van der Waals surface area contributed by atoms with Gasteiger partial charge in [0.15, 0.2) is 0 Å². The molecule has 0 aromatic heterocycles. The second-order valence-electron chi connectivity index (χ2n) is 5.80. The molecule has 1 aliphatic rings. The van der Waals surface area contributed by atoms with Gasteiger partial charge in [-0.05, 0) is 54.1 Å². The number of carbonyl (C=O) groups excluding carboxylic acids is 1. The Hall–Kier alpha value is -2.85. The molecule has 0 radical (unpaired) electrons. The van der Waals surface area contributed by atoms with E-state index < -0.39 is 0 Å². The number of hydrogen-bond donors (Lipinski definition) is 1. The number of nitrogens with one attached hydrogen (secondary N) is 1. The molecule has 3 aromatic carbocycles. The van der Waals surface area contributed by atoms with Crippen molar-refractivity contribution in [3.8, 4) is 0 Å². The lowest BCUT2D eigenvalue weighted by molar-refractivity contribution is 0.0981. The van der Waals surface area contributed by atoms with E-state index in [9.17, 15) is 9.18 Å². The lowest BCUT2D eigenvalue weighted by Crippen LogP contribution is -2.34. The standard InChI is InChI=1S/C20H14ClFN2O/c21-15-9-5-13(6-10-15)19-23-17-3-1-2-4-18(17)24(19)20(25)14-7-11-16(22)12-8-14/h1-12,19,23H. The highest BCUT2D eigenvalue weighted by Gasteiger charge is 2.34. The highest BCUT2D eigenvalue weighted by Crippen LogP contribution is 2.41. The van der Waals surface area contributed by atoms with Gasteiger partial charge in [-0.15, -0.1) is 0 Å². The van der Waals surface area contributed by atoms with E-state index in [1.54, 1.807) is 17.0 Å². The first-order valence-electron chi connectivity index (χ1n) is 7.83. The zero-order valence-electron chi connectivity index (χ0n) is 13.1. The van der Waals surface area contributed by atoms with Crippen molar-refractivity contribution < 1.29 is 9.18 Å². The van der Waals surface area contributed by atoms with Crippen LogP contribution in [0.1, 0.15) is 22.1 Å². The van der Waals surface area contributed by atoms with Crippen molar-refractivity contribution in [3.63, 3.8) is 0 Å². The van der Waals surface area contributed by atoms with Gasteiger partial charge in [0.1, 0.15) is 12.0 Å². The van der Waals surface area contributed by atoms with Crippen molar-refractivity contribution in [1.29, 1.82) is 0 Å². The Morgan fingerprint density at radius 2 is 1.64 bits per heavy atom. The molecule has 1 N–H and O–H groups in total. The van der Waals surface area contributed by atoms with Gasteiger partial charge < -0.3 is 5.32 Å². The van der Waals surface area contributed by atoms with Crippen LogP contribution >= 0.6 is 11.6 Å². The van der Waals surface area contributed by atoms with Crippen LogP contribution in [0.25, 0.3) is 0 Å². The van der Waals surface area contributed by atoms with Crippen LogP contribution in [0.5, 0.6) is 0 Å². The van der Waals surface area contributed by atoms with Gasteiger partial charge in [-0.2, -0.15) is 0 Å². The largest absolute Gasteiger partial charge is 0.359 e. The van der Waals surface area contributed by atoms with Crippen LogP contribution in [0.2, 0.25) is 5.02 Å². The predicted molar refractivity (Wildman–Crippen MR) is 97.5 cm³/mol. The van der Waals surface area contributed by atoms with Crippen LogP contribution in [0.3, 0.4) is 0 Å². The average Bonchev–Trinajstić information content (AvgIpc) is 3.02. The molecule has 3 aromatic rings. The first kappa shape index (κ1) is 15.7. The Labute approximate surface area is 149 Å². The van der Waals surface area contributed by atoms with Gasteiger partial charge in [0.05, 0.1) is 11.4 Å². The summed E-state index contributed by atoms with van der Waals surface area (Å²) in [4.78, 5) is 14.8. The van der Waals surface area contributed by atoms with Crippen molar-refractivity contribution >= 4 is 28.9 Å². The molecule has 5 heteroatoms. The summed E-state index contributed by atoms with van der Waals surface area (Å²) in [6.45, 7) is 0. The summed E-state index contributed by atoms with van der Waals surface area (Å²) in [6, 6.07) is 20.6. The number of rotatable bonds is 2. The Kier molecular flexibility index (Phi) is 3.90. The van der Waals surface area contributed by atoms with E-state index in [1.165, 1.54) is 24.3 Å². The Morgan fingerprint density at radius 1 is 0.960 bits per heavy atom. The molecule has 1 unspecified atom stereocenters. The van der Waals surface area contributed by atoms with E-state index in [0.717, 1.165) is 16.9 Å². The molecule has 0 saturated heterocycles. The minimum absolute atomic E-state index is 0.197. The van der Waals surface area contributed by atoms with Gasteiger partial charge in [0, 0.05) is 10.6 Å². The maximum atomic E-state index is 13.2. The summed E-state index contributed by atoms with van der Waals surface area (Å²) in [7, 11) is 0. The van der Waals surface area contributed by atoms with Crippen LogP contribution in [0.4, 0.5) is 15.8 Å². The van der Waals surface area contributed by atoms with E-state index in [2.05, 4.69) is 5.32 Å². The number of carbonyl (C=O) groups is 1. The van der Waals surface area contributed by atoms with E-state index in [0.29, 0.717) is 10.6 Å². The second-order valence-corrected chi connectivity index (χ2v) is 6.23. The molecule has 1 atom stereocenters. The summed E-state index contributed by atoms with van der Waals surface area (Å²) >= 11 is 5.98. The molecule has 4 rings (SSSR count). The third kappa shape index (κ3) is 2.85. The quantitative estimate of drug-likeness (QED) is 0.683. The molecule has 0 bridgehead atoms. The van der Waals surface area contributed by atoms with Crippen LogP contribution in [-0.4, -0.2) is 5.91 Å². The van der Waals surface area contributed by atoms with Crippen molar-refractivity contribution in [2.75, 3.05) is 10.2 Å². The number of amides is 1. The maximum absolute atomic E-state index is 13.2. The normalized spacial score (nSPS) is 15.6. The molecule has 1 amide bonds.